The van der Waals surface area contributed by atoms with Crippen molar-refractivity contribution in [2.24, 2.45) is 0 Å². The van der Waals surface area contributed by atoms with Crippen molar-refractivity contribution in [2.45, 2.75) is 19.4 Å². The lowest BCUT2D eigenvalue weighted by molar-refractivity contribution is -0.162. The number of rotatable bonds is 8. The zero-order valence-electron chi connectivity index (χ0n) is 14.2. The summed E-state index contributed by atoms with van der Waals surface area (Å²) in [6, 6.07) is 12.2. The number of ether oxygens (including phenoxy) is 1. The molecule has 0 aliphatic heterocycles. The molecule has 2 rings (SSSR count). The van der Waals surface area contributed by atoms with Crippen LogP contribution in [0.5, 0.6) is 0 Å². The number of benzene rings is 1. The van der Waals surface area contributed by atoms with Gasteiger partial charge in [0.05, 0.1) is 0 Å². The van der Waals surface area contributed by atoms with E-state index in [2.05, 4.69) is 23.7 Å². The molecule has 1 aromatic heterocycles. The second-order valence-electron chi connectivity index (χ2n) is 5.48. The molecule has 0 saturated heterocycles. The minimum Gasteiger partial charge on any atom is -0.462 e. The second-order valence-corrected chi connectivity index (χ2v) is 5.48. The van der Waals surface area contributed by atoms with Gasteiger partial charge in [-0.3, -0.25) is 4.98 Å². The maximum atomic E-state index is 12.7. The highest BCUT2D eigenvalue weighted by Crippen LogP contribution is 2.30. The van der Waals surface area contributed by atoms with Gasteiger partial charge in [0, 0.05) is 24.5 Å². The summed E-state index contributed by atoms with van der Waals surface area (Å²) in [7, 11) is 0. The molecule has 1 N–H and O–H groups in total. The van der Waals surface area contributed by atoms with Crippen molar-refractivity contribution < 1.29 is 14.6 Å². The lowest BCUT2D eigenvalue weighted by Gasteiger charge is -2.27. The van der Waals surface area contributed by atoms with Crippen molar-refractivity contribution in [3.8, 4) is 0 Å². The summed E-state index contributed by atoms with van der Waals surface area (Å²) < 4.78 is 5.39. The van der Waals surface area contributed by atoms with Crippen molar-refractivity contribution in [3.63, 3.8) is 0 Å². The highest BCUT2D eigenvalue weighted by Gasteiger charge is 2.41. The first-order chi connectivity index (χ1) is 11.6. The molecule has 1 unspecified atom stereocenters. The van der Waals surface area contributed by atoms with E-state index in [1.54, 1.807) is 42.6 Å². The molecule has 0 radical (unpaired) electrons. The fourth-order valence-corrected chi connectivity index (χ4v) is 2.57. The Bertz CT molecular complexity index is 588. The van der Waals surface area contributed by atoms with Gasteiger partial charge in [-0.1, -0.05) is 50.2 Å². The predicted octanol–water partition coefficient (Wildman–Crippen LogP) is 2.20. The SMILES string of the molecule is CCN(CC)CCOC(=O)C(O)(c1ccccc1)c1cccnc1. The maximum Gasteiger partial charge on any atom is 0.347 e. The first-order valence-corrected chi connectivity index (χ1v) is 8.20. The number of nitrogens with zero attached hydrogens (tertiary/aromatic N) is 2. The molecule has 1 aromatic carbocycles. The molecule has 128 valence electrons. The topological polar surface area (TPSA) is 62.7 Å². The van der Waals surface area contributed by atoms with E-state index in [0.717, 1.165) is 13.1 Å². The van der Waals surface area contributed by atoms with Crippen LogP contribution in [0.15, 0.2) is 54.9 Å². The molecule has 0 aliphatic carbocycles. The summed E-state index contributed by atoms with van der Waals surface area (Å²) in [6.45, 7) is 6.76. The monoisotopic (exact) mass is 328 g/mol. The molecule has 0 bridgehead atoms. The van der Waals surface area contributed by atoms with Crippen molar-refractivity contribution >= 4 is 5.97 Å². The van der Waals surface area contributed by atoms with Crippen LogP contribution in [0.25, 0.3) is 0 Å². The minimum atomic E-state index is -1.86. The van der Waals surface area contributed by atoms with Gasteiger partial charge in [-0.2, -0.15) is 0 Å². The Morgan fingerprint density at radius 3 is 2.38 bits per heavy atom. The Morgan fingerprint density at radius 1 is 1.12 bits per heavy atom. The van der Waals surface area contributed by atoms with E-state index in [9.17, 15) is 9.90 Å². The van der Waals surface area contributed by atoms with E-state index < -0.39 is 11.6 Å². The Balaban J connectivity index is 2.22. The van der Waals surface area contributed by atoms with Crippen LogP contribution in [0.2, 0.25) is 0 Å². The van der Waals surface area contributed by atoms with Crippen LogP contribution >= 0.6 is 0 Å². The lowest BCUT2D eigenvalue weighted by atomic mass is 9.87. The van der Waals surface area contributed by atoms with Gasteiger partial charge in [0.15, 0.2) is 0 Å². The van der Waals surface area contributed by atoms with Gasteiger partial charge in [-0.25, -0.2) is 4.79 Å². The number of aromatic nitrogens is 1. The van der Waals surface area contributed by atoms with E-state index in [4.69, 9.17) is 4.74 Å². The van der Waals surface area contributed by atoms with Gasteiger partial charge in [0.25, 0.3) is 0 Å². The molecule has 0 aliphatic rings. The third kappa shape index (κ3) is 3.99. The third-order valence-corrected chi connectivity index (χ3v) is 4.10. The Kier molecular flexibility index (Phi) is 6.46. The third-order valence-electron chi connectivity index (χ3n) is 4.10. The van der Waals surface area contributed by atoms with E-state index in [1.807, 2.05) is 6.07 Å². The first-order valence-electron chi connectivity index (χ1n) is 8.20. The molecule has 2 aromatic rings. The predicted molar refractivity (Wildman–Crippen MR) is 92.4 cm³/mol. The molecule has 0 amide bonds. The van der Waals surface area contributed by atoms with Crippen LogP contribution in [-0.4, -0.2) is 47.2 Å². The standard InChI is InChI=1S/C19H24N2O3/c1-3-21(4-2)13-14-24-18(22)19(23,16-9-6-5-7-10-16)17-11-8-12-20-15-17/h5-12,15,23H,3-4,13-14H2,1-2H3. The Labute approximate surface area is 142 Å². The largest absolute Gasteiger partial charge is 0.462 e. The number of pyridine rings is 1. The van der Waals surface area contributed by atoms with Gasteiger partial charge < -0.3 is 14.7 Å². The summed E-state index contributed by atoms with van der Waals surface area (Å²) in [5.74, 6) is -0.686. The minimum absolute atomic E-state index is 0.232. The molecule has 5 nitrogen and oxygen atoms in total. The highest BCUT2D eigenvalue weighted by molar-refractivity contribution is 5.85. The van der Waals surface area contributed by atoms with E-state index in [-0.39, 0.29) is 6.61 Å². The molecule has 5 heteroatoms. The molecule has 1 heterocycles. The molecule has 0 fully saturated rings. The van der Waals surface area contributed by atoms with E-state index in [1.165, 1.54) is 6.20 Å². The average molecular weight is 328 g/mol. The smallest absolute Gasteiger partial charge is 0.347 e. The summed E-state index contributed by atoms with van der Waals surface area (Å²) in [5, 5.41) is 11.2. The Hall–Kier alpha value is -2.24. The summed E-state index contributed by atoms with van der Waals surface area (Å²) in [5.41, 5.74) is -1.01. The van der Waals surface area contributed by atoms with Gasteiger partial charge >= 0.3 is 5.97 Å². The number of carbonyl (C=O) groups is 1. The molecule has 0 saturated carbocycles. The highest BCUT2D eigenvalue weighted by atomic mass is 16.5. The Morgan fingerprint density at radius 2 is 1.79 bits per heavy atom. The quantitative estimate of drug-likeness (QED) is 0.753. The fourth-order valence-electron chi connectivity index (χ4n) is 2.57. The lowest BCUT2D eigenvalue weighted by Crippen LogP contribution is -2.40. The van der Waals surface area contributed by atoms with Gasteiger partial charge in [-0.15, -0.1) is 0 Å². The number of aliphatic hydroxyl groups is 1. The maximum absolute atomic E-state index is 12.7. The molecular weight excluding hydrogens is 304 g/mol. The summed E-state index contributed by atoms with van der Waals surface area (Å²) in [4.78, 5) is 18.9. The van der Waals surface area contributed by atoms with Crippen LogP contribution in [0.1, 0.15) is 25.0 Å². The number of hydrogen-bond acceptors (Lipinski definition) is 5. The zero-order chi connectivity index (χ0) is 17.4. The van der Waals surface area contributed by atoms with Crippen molar-refractivity contribution in [1.29, 1.82) is 0 Å². The number of hydrogen-bond donors (Lipinski definition) is 1. The molecule has 0 spiro atoms. The van der Waals surface area contributed by atoms with Gasteiger partial charge in [-0.05, 0) is 24.7 Å². The fraction of sp³-hybridized carbons (Fsp3) is 0.368. The van der Waals surface area contributed by atoms with Crippen molar-refractivity contribution in [3.05, 3.63) is 66.0 Å². The number of carbonyl (C=O) groups excluding carboxylic acids is 1. The number of esters is 1. The normalized spacial score (nSPS) is 13.5. The summed E-state index contributed by atoms with van der Waals surface area (Å²) in [6.07, 6.45) is 3.08. The zero-order valence-corrected chi connectivity index (χ0v) is 14.2. The molecule has 24 heavy (non-hydrogen) atoms. The van der Waals surface area contributed by atoms with Crippen LogP contribution in [0.3, 0.4) is 0 Å². The average Bonchev–Trinajstić information content (AvgIpc) is 2.65. The van der Waals surface area contributed by atoms with Gasteiger partial charge in [0.2, 0.25) is 5.60 Å². The number of likely N-dealkylation sites (N-methyl/N-ethyl adjacent to an activating group) is 1. The molecular formula is C19H24N2O3. The van der Waals surface area contributed by atoms with Crippen molar-refractivity contribution in [1.82, 2.24) is 9.88 Å². The summed E-state index contributed by atoms with van der Waals surface area (Å²) >= 11 is 0. The molecule has 1 atom stereocenters. The van der Waals surface area contributed by atoms with Gasteiger partial charge in [0.1, 0.15) is 6.61 Å². The van der Waals surface area contributed by atoms with Crippen LogP contribution < -0.4 is 0 Å². The van der Waals surface area contributed by atoms with Crippen LogP contribution in [0, 0.1) is 0 Å². The van der Waals surface area contributed by atoms with Crippen LogP contribution in [-0.2, 0) is 15.1 Å². The van der Waals surface area contributed by atoms with E-state index in [0.29, 0.717) is 17.7 Å². The van der Waals surface area contributed by atoms with Crippen molar-refractivity contribution in [2.75, 3.05) is 26.2 Å². The van der Waals surface area contributed by atoms with E-state index >= 15 is 0 Å². The second kappa shape index (κ2) is 8.57. The van der Waals surface area contributed by atoms with Crippen LogP contribution in [0.4, 0.5) is 0 Å². The first kappa shape index (κ1) is 18.1.